The number of aromatic nitrogens is 2. The van der Waals surface area contributed by atoms with E-state index in [0.717, 1.165) is 12.0 Å². The van der Waals surface area contributed by atoms with Gasteiger partial charge in [0, 0.05) is 16.6 Å². The highest BCUT2D eigenvalue weighted by atomic mass is 19.1. The van der Waals surface area contributed by atoms with Crippen molar-refractivity contribution in [2.75, 3.05) is 0 Å². The number of rotatable bonds is 3. The van der Waals surface area contributed by atoms with Gasteiger partial charge in [0.05, 0.1) is 22.5 Å². The molecule has 6 heteroatoms. The molecule has 0 radical (unpaired) electrons. The van der Waals surface area contributed by atoms with E-state index in [-0.39, 0.29) is 5.75 Å². The standard InChI is InChI=1S/C20H15FN2O3/c1-11-19(12(2)26-22-11)20-17(10-24)16-9-13(21)3-8-18(16)23(20)14-4-6-15(25)7-5-14/h3-10,25H,1-2H3. The van der Waals surface area contributed by atoms with Gasteiger partial charge in [-0.05, 0) is 56.3 Å². The Bertz CT molecular complexity index is 1120. The smallest absolute Gasteiger partial charge is 0.152 e. The van der Waals surface area contributed by atoms with Gasteiger partial charge in [0.2, 0.25) is 0 Å². The third kappa shape index (κ3) is 2.30. The summed E-state index contributed by atoms with van der Waals surface area (Å²) in [5.74, 6) is 0.272. The highest BCUT2D eigenvalue weighted by Crippen LogP contribution is 2.38. The Hall–Kier alpha value is -3.41. The average Bonchev–Trinajstić information content (AvgIpc) is 3.11. The van der Waals surface area contributed by atoms with Gasteiger partial charge in [-0.3, -0.25) is 4.79 Å². The Kier molecular flexibility index (Phi) is 3.61. The molecule has 0 aliphatic heterocycles. The van der Waals surface area contributed by atoms with Crippen LogP contribution in [0.5, 0.6) is 5.75 Å². The molecule has 0 spiro atoms. The van der Waals surface area contributed by atoms with Crippen LogP contribution in [0.25, 0.3) is 27.8 Å². The fourth-order valence-electron chi connectivity index (χ4n) is 3.34. The Morgan fingerprint density at radius 1 is 1.15 bits per heavy atom. The van der Waals surface area contributed by atoms with Crippen LogP contribution in [-0.2, 0) is 0 Å². The van der Waals surface area contributed by atoms with Crippen LogP contribution >= 0.6 is 0 Å². The second-order valence-corrected chi connectivity index (χ2v) is 6.09. The van der Waals surface area contributed by atoms with Gasteiger partial charge in [-0.2, -0.15) is 0 Å². The van der Waals surface area contributed by atoms with Crippen LogP contribution in [0.4, 0.5) is 4.39 Å². The van der Waals surface area contributed by atoms with E-state index in [2.05, 4.69) is 5.16 Å². The van der Waals surface area contributed by atoms with Crippen molar-refractivity contribution in [2.24, 2.45) is 0 Å². The summed E-state index contributed by atoms with van der Waals surface area (Å²) in [4.78, 5) is 11.9. The molecule has 0 fully saturated rings. The summed E-state index contributed by atoms with van der Waals surface area (Å²) in [6, 6.07) is 10.9. The van der Waals surface area contributed by atoms with Crippen molar-refractivity contribution in [3.8, 4) is 22.7 Å². The first-order valence-corrected chi connectivity index (χ1v) is 8.03. The lowest BCUT2D eigenvalue weighted by Crippen LogP contribution is -1.99. The second-order valence-electron chi connectivity index (χ2n) is 6.09. The molecule has 0 atom stereocenters. The maximum absolute atomic E-state index is 13.9. The lowest BCUT2D eigenvalue weighted by atomic mass is 10.0. The first kappa shape index (κ1) is 16.1. The maximum atomic E-state index is 13.9. The summed E-state index contributed by atoms with van der Waals surface area (Å²) in [5, 5.41) is 14.1. The molecule has 0 bridgehead atoms. The molecular weight excluding hydrogens is 335 g/mol. The van der Waals surface area contributed by atoms with Crippen molar-refractivity contribution in [2.45, 2.75) is 13.8 Å². The zero-order valence-electron chi connectivity index (χ0n) is 14.2. The molecule has 2 aromatic carbocycles. The third-order valence-electron chi connectivity index (χ3n) is 4.46. The largest absolute Gasteiger partial charge is 0.508 e. The number of aromatic hydroxyl groups is 1. The van der Waals surface area contributed by atoms with Crippen LogP contribution in [-0.4, -0.2) is 21.1 Å². The van der Waals surface area contributed by atoms with E-state index in [1.54, 1.807) is 44.2 Å². The Labute approximate surface area is 148 Å². The number of aldehydes is 1. The van der Waals surface area contributed by atoms with Crippen molar-refractivity contribution in [1.82, 2.24) is 9.72 Å². The van der Waals surface area contributed by atoms with Crippen LogP contribution < -0.4 is 0 Å². The fourth-order valence-corrected chi connectivity index (χ4v) is 3.34. The minimum Gasteiger partial charge on any atom is -0.508 e. The van der Waals surface area contributed by atoms with E-state index in [9.17, 15) is 14.3 Å². The Morgan fingerprint density at radius 3 is 2.50 bits per heavy atom. The highest BCUT2D eigenvalue weighted by molar-refractivity contribution is 6.06. The van der Waals surface area contributed by atoms with Crippen molar-refractivity contribution < 1.29 is 18.8 Å². The molecule has 1 N–H and O–H groups in total. The van der Waals surface area contributed by atoms with Gasteiger partial charge < -0.3 is 14.2 Å². The predicted molar refractivity (Wildman–Crippen MR) is 95.3 cm³/mol. The molecule has 0 aliphatic carbocycles. The van der Waals surface area contributed by atoms with Gasteiger partial charge in [-0.25, -0.2) is 4.39 Å². The lowest BCUT2D eigenvalue weighted by Gasteiger charge is -2.11. The zero-order chi connectivity index (χ0) is 18.4. The number of aryl methyl sites for hydroxylation is 2. The number of carbonyl (C=O) groups is 1. The molecule has 4 aromatic rings. The molecule has 0 saturated carbocycles. The molecule has 130 valence electrons. The normalized spacial score (nSPS) is 11.2. The van der Waals surface area contributed by atoms with Gasteiger partial charge in [-0.1, -0.05) is 5.16 Å². The van der Waals surface area contributed by atoms with E-state index in [1.807, 2.05) is 4.57 Å². The minimum atomic E-state index is -0.422. The van der Waals surface area contributed by atoms with Gasteiger partial charge >= 0.3 is 0 Å². The van der Waals surface area contributed by atoms with Crippen LogP contribution in [0, 0.1) is 19.7 Å². The summed E-state index contributed by atoms with van der Waals surface area (Å²) < 4.78 is 21.0. The van der Waals surface area contributed by atoms with E-state index in [4.69, 9.17) is 4.52 Å². The maximum Gasteiger partial charge on any atom is 0.152 e. The van der Waals surface area contributed by atoms with Crippen molar-refractivity contribution in [3.63, 3.8) is 0 Å². The van der Waals surface area contributed by atoms with E-state index in [1.165, 1.54) is 12.1 Å². The molecule has 2 aromatic heterocycles. The minimum absolute atomic E-state index is 0.130. The Morgan fingerprint density at radius 2 is 1.88 bits per heavy atom. The predicted octanol–water partition coefficient (Wildman–Crippen LogP) is 4.56. The number of phenolic OH excluding ortho intramolecular Hbond substituents is 1. The first-order chi connectivity index (χ1) is 12.5. The zero-order valence-corrected chi connectivity index (χ0v) is 14.2. The fraction of sp³-hybridized carbons (Fsp3) is 0.100. The molecule has 5 nitrogen and oxygen atoms in total. The van der Waals surface area contributed by atoms with Crippen LogP contribution in [0.2, 0.25) is 0 Å². The number of fused-ring (bicyclic) bond motifs is 1. The third-order valence-corrected chi connectivity index (χ3v) is 4.46. The number of carbonyl (C=O) groups excluding carboxylic acids is 1. The number of hydrogen-bond acceptors (Lipinski definition) is 4. The van der Waals surface area contributed by atoms with Crippen LogP contribution in [0.1, 0.15) is 21.8 Å². The van der Waals surface area contributed by atoms with E-state index >= 15 is 0 Å². The van der Waals surface area contributed by atoms with Crippen LogP contribution in [0.3, 0.4) is 0 Å². The van der Waals surface area contributed by atoms with E-state index < -0.39 is 5.82 Å². The topological polar surface area (TPSA) is 68.3 Å². The lowest BCUT2D eigenvalue weighted by molar-refractivity contribution is 0.112. The summed E-state index contributed by atoms with van der Waals surface area (Å²) >= 11 is 0. The summed E-state index contributed by atoms with van der Waals surface area (Å²) in [7, 11) is 0. The molecular formula is C20H15FN2O3. The quantitative estimate of drug-likeness (QED) is 0.550. The summed E-state index contributed by atoms with van der Waals surface area (Å²) in [6.45, 7) is 3.56. The molecule has 0 saturated heterocycles. The van der Waals surface area contributed by atoms with Gasteiger partial charge in [0.15, 0.2) is 6.29 Å². The number of hydrogen-bond donors (Lipinski definition) is 1. The molecule has 4 rings (SSSR count). The van der Waals surface area contributed by atoms with Gasteiger partial charge in [-0.15, -0.1) is 0 Å². The second kappa shape index (κ2) is 5.84. The molecule has 0 amide bonds. The Balaban J connectivity index is 2.20. The molecule has 0 aliphatic rings. The average molecular weight is 350 g/mol. The van der Waals surface area contributed by atoms with Crippen LogP contribution in [0.15, 0.2) is 47.0 Å². The molecule has 2 heterocycles. The van der Waals surface area contributed by atoms with Crippen molar-refractivity contribution >= 4 is 17.2 Å². The SMILES string of the molecule is Cc1noc(C)c1-c1c(C=O)c2cc(F)ccc2n1-c1ccc(O)cc1. The number of halogens is 1. The van der Waals surface area contributed by atoms with E-state index in [0.29, 0.717) is 39.2 Å². The summed E-state index contributed by atoms with van der Waals surface area (Å²) in [6.07, 6.45) is 0.722. The van der Waals surface area contributed by atoms with Gasteiger partial charge in [0.25, 0.3) is 0 Å². The molecule has 0 unspecified atom stereocenters. The first-order valence-electron chi connectivity index (χ1n) is 8.03. The summed E-state index contributed by atoms with van der Waals surface area (Å²) in [5.41, 5.74) is 3.67. The molecule has 26 heavy (non-hydrogen) atoms. The number of phenols is 1. The van der Waals surface area contributed by atoms with Crippen molar-refractivity contribution in [3.05, 3.63) is 65.3 Å². The number of benzene rings is 2. The number of nitrogens with zero attached hydrogens (tertiary/aromatic N) is 2. The monoisotopic (exact) mass is 350 g/mol. The van der Waals surface area contributed by atoms with Crippen molar-refractivity contribution in [1.29, 1.82) is 0 Å². The highest BCUT2D eigenvalue weighted by Gasteiger charge is 2.24. The van der Waals surface area contributed by atoms with Gasteiger partial charge in [0.1, 0.15) is 17.3 Å².